The highest BCUT2D eigenvalue weighted by Crippen LogP contribution is 2.22. The molecule has 202 valence electrons. The molecule has 0 radical (unpaired) electrons. The molecule has 0 saturated carbocycles. The summed E-state index contributed by atoms with van der Waals surface area (Å²) >= 11 is 0. The fourth-order valence-electron chi connectivity index (χ4n) is 3.92. The van der Waals surface area contributed by atoms with Gasteiger partial charge in [-0.2, -0.15) is 0 Å². The molecule has 0 aliphatic carbocycles. The average molecular weight is 518 g/mol. The van der Waals surface area contributed by atoms with E-state index in [1.165, 1.54) is 19.8 Å². The van der Waals surface area contributed by atoms with Gasteiger partial charge in [0.05, 0.1) is 6.54 Å². The van der Waals surface area contributed by atoms with E-state index in [0.717, 1.165) is 24.4 Å². The third-order valence-electron chi connectivity index (χ3n) is 6.14. The second-order valence-corrected chi connectivity index (χ2v) is 9.03. The molecule has 0 bridgehead atoms. The highest BCUT2D eigenvalue weighted by molar-refractivity contribution is 5.97. The zero-order valence-electron chi connectivity index (χ0n) is 22.4. The minimum absolute atomic E-state index is 0.176. The number of ketones is 1. The van der Waals surface area contributed by atoms with E-state index in [1.54, 1.807) is 48.5 Å². The minimum Gasteiger partial charge on any atom is -0.479 e. The standard InChI is InChI=1S/C16H16N2O3.C15H23NO/c1-11(19)17-13-8-5-9-14(10-13)18-15(16(20)21)12-6-3-2-4-7-12;1-3-13(4-2)10-11-16-12-15(17)14-8-6-5-7-9-14/h2-10,15,18H,1H3,(H,17,19)(H,20,21);5-9,13,16H,3-4,10-12H2,1-2H3. The molecule has 0 aliphatic rings. The zero-order chi connectivity index (χ0) is 27.8. The number of anilines is 2. The zero-order valence-corrected chi connectivity index (χ0v) is 22.4. The van der Waals surface area contributed by atoms with Gasteiger partial charge < -0.3 is 21.1 Å². The van der Waals surface area contributed by atoms with Crippen LogP contribution < -0.4 is 16.0 Å². The van der Waals surface area contributed by atoms with Crippen LogP contribution in [0.3, 0.4) is 0 Å². The monoisotopic (exact) mass is 517 g/mol. The molecule has 1 atom stereocenters. The molecule has 0 spiro atoms. The second kappa shape index (κ2) is 16.7. The lowest BCUT2D eigenvalue weighted by atomic mass is 10.00. The molecular formula is C31H39N3O4. The van der Waals surface area contributed by atoms with E-state index < -0.39 is 12.0 Å². The van der Waals surface area contributed by atoms with Gasteiger partial charge in [-0.15, -0.1) is 0 Å². The van der Waals surface area contributed by atoms with Crippen molar-refractivity contribution in [2.45, 2.75) is 46.1 Å². The quantitative estimate of drug-likeness (QED) is 0.160. The van der Waals surface area contributed by atoms with Crippen LogP contribution in [0.25, 0.3) is 0 Å². The fraction of sp³-hybridized carbons (Fsp3) is 0.323. The summed E-state index contributed by atoms with van der Waals surface area (Å²) in [6, 6.07) is 24.5. The van der Waals surface area contributed by atoms with Gasteiger partial charge in [-0.25, -0.2) is 4.79 Å². The van der Waals surface area contributed by atoms with Crippen LogP contribution in [0.2, 0.25) is 0 Å². The number of Topliss-reactive ketones (excluding diaryl/α,β-unsaturated/α-hetero) is 1. The summed E-state index contributed by atoms with van der Waals surface area (Å²) in [5.41, 5.74) is 2.69. The number of aliphatic carboxylic acids is 1. The molecule has 3 rings (SSSR count). The first-order valence-corrected chi connectivity index (χ1v) is 13.0. The lowest BCUT2D eigenvalue weighted by molar-refractivity contribution is -0.138. The number of hydrogen-bond acceptors (Lipinski definition) is 5. The van der Waals surface area contributed by atoms with E-state index in [2.05, 4.69) is 29.8 Å². The number of carbonyl (C=O) groups is 3. The van der Waals surface area contributed by atoms with Crippen LogP contribution in [0.1, 0.15) is 62.0 Å². The van der Waals surface area contributed by atoms with Crippen LogP contribution >= 0.6 is 0 Å². The van der Waals surface area contributed by atoms with Gasteiger partial charge >= 0.3 is 5.97 Å². The Bertz CT molecular complexity index is 1130. The summed E-state index contributed by atoms with van der Waals surface area (Å²) in [5.74, 6) is -0.180. The first-order valence-electron chi connectivity index (χ1n) is 13.0. The van der Waals surface area contributed by atoms with Crippen molar-refractivity contribution in [3.05, 3.63) is 96.1 Å². The smallest absolute Gasteiger partial charge is 0.330 e. The molecule has 0 aliphatic heterocycles. The number of amides is 1. The topological polar surface area (TPSA) is 108 Å². The maximum absolute atomic E-state index is 11.8. The van der Waals surface area contributed by atoms with E-state index in [4.69, 9.17) is 0 Å². The molecule has 0 heterocycles. The van der Waals surface area contributed by atoms with Crippen molar-refractivity contribution in [2.24, 2.45) is 5.92 Å². The first kappa shape index (κ1) is 30.3. The predicted octanol–water partition coefficient (Wildman–Crippen LogP) is 6.17. The van der Waals surface area contributed by atoms with E-state index in [0.29, 0.717) is 23.5 Å². The highest BCUT2D eigenvalue weighted by atomic mass is 16.4. The lowest BCUT2D eigenvalue weighted by Crippen LogP contribution is -2.25. The van der Waals surface area contributed by atoms with Gasteiger partial charge in [0.1, 0.15) is 0 Å². The lowest BCUT2D eigenvalue weighted by Gasteiger charge is -2.16. The van der Waals surface area contributed by atoms with Crippen molar-refractivity contribution >= 4 is 29.0 Å². The van der Waals surface area contributed by atoms with Gasteiger partial charge in [-0.3, -0.25) is 9.59 Å². The summed E-state index contributed by atoms with van der Waals surface area (Å²) in [5, 5.41) is 18.2. The number of rotatable bonds is 13. The number of carboxylic acids is 1. The normalized spacial score (nSPS) is 11.2. The molecule has 7 heteroatoms. The van der Waals surface area contributed by atoms with Crippen molar-refractivity contribution in [3.63, 3.8) is 0 Å². The predicted molar refractivity (Wildman–Crippen MR) is 154 cm³/mol. The third-order valence-corrected chi connectivity index (χ3v) is 6.14. The molecule has 38 heavy (non-hydrogen) atoms. The maximum atomic E-state index is 11.8. The Hall–Kier alpha value is -3.97. The largest absolute Gasteiger partial charge is 0.479 e. The van der Waals surface area contributed by atoms with Gasteiger partial charge in [0, 0.05) is 23.9 Å². The van der Waals surface area contributed by atoms with Crippen molar-refractivity contribution in [3.8, 4) is 0 Å². The molecule has 0 fully saturated rings. The summed E-state index contributed by atoms with van der Waals surface area (Å²) < 4.78 is 0. The molecular weight excluding hydrogens is 478 g/mol. The van der Waals surface area contributed by atoms with Gasteiger partial charge in [0.15, 0.2) is 11.8 Å². The number of hydrogen-bond donors (Lipinski definition) is 4. The second-order valence-electron chi connectivity index (χ2n) is 9.03. The molecule has 1 amide bonds. The minimum atomic E-state index is -0.967. The Morgan fingerprint density at radius 1 is 0.816 bits per heavy atom. The van der Waals surface area contributed by atoms with Gasteiger partial charge in [-0.05, 0) is 42.6 Å². The highest BCUT2D eigenvalue weighted by Gasteiger charge is 2.19. The summed E-state index contributed by atoms with van der Waals surface area (Å²) in [6.45, 7) is 7.26. The molecule has 7 nitrogen and oxygen atoms in total. The van der Waals surface area contributed by atoms with Crippen LogP contribution in [0, 0.1) is 5.92 Å². The Morgan fingerprint density at radius 3 is 2.00 bits per heavy atom. The first-order chi connectivity index (χ1) is 18.3. The van der Waals surface area contributed by atoms with E-state index in [9.17, 15) is 19.5 Å². The molecule has 0 aromatic heterocycles. The Kier molecular flexibility index (Phi) is 13.3. The van der Waals surface area contributed by atoms with Crippen LogP contribution in [0.15, 0.2) is 84.9 Å². The number of carboxylic acid groups (broad SMARTS) is 1. The maximum Gasteiger partial charge on any atom is 0.330 e. The van der Waals surface area contributed by atoms with E-state index in [1.807, 2.05) is 36.4 Å². The number of benzene rings is 3. The van der Waals surface area contributed by atoms with Crippen LogP contribution in [0.4, 0.5) is 11.4 Å². The van der Waals surface area contributed by atoms with E-state index >= 15 is 0 Å². The third kappa shape index (κ3) is 11.0. The molecule has 3 aromatic rings. The Balaban J connectivity index is 0.000000273. The molecule has 4 N–H and O–H groups in total. The van der Waals surface area contributed by atoms with Gasteiger partial charge in [0.2, 0.25) is 5.91 Å². The number of carbonyl (C=O) groups excluding carboxylic acids is 2. The summed E-state index contributed by atoms with van der Waals surface area (Å²) in [6.07, 6.45) is 3.62. The Labute approximate surface area is 225 Å². The van der Waals surface area contributed by atoms with Crippen LogP contribution in [-0.2, 0) is 9.59 Å². The van der Waals surface area contributed by atoms with Crippen molar-refractivity contribution in [2.75, 3.05) is 23.7 Å². The average Bonchev–Trinajstić information content (AvgIpc) is 2.93. The van der Waals surface area contributed by atoms with E-state index in [-0.39, 0.29) is 11.7 Å². The summed E-state index contributed by atoms with van der Waals surface area (Å²) in [4.78, 5) is 34.3. The fourth-order valence-corrected chi connectivity index (χ4v) is 3.92. The molecule has 0 saturated heterocycles. The molecule has 3 aromatic carbocycles. The summed E-state index contributed by atoms with van der Waals surface area (Å²) in [7, 11) is 0. The van der Waals surface area contributed by atoms with Gasteiger partial charge in [0.25, 0.3) is 0 Å². The van der Waals surface area contributed by atoms with Crippen molar-refractivity contribution < 1.29 is 19.5 Å². The Morgan fingerprint density at radius 2 is 1.42 bits per heavy atom. The van der Waals surface area contributed by atoms with Gasteiger partial charge in [-0.1, -0.05) is 93.4 Å². The molecule has 1 unspecified atom stereocenters. The van der Waals surface area contributed by atoms with Crippen LogP contribution in [0.5, 0.6) is 0 Å². The van der Waals surface area contributed by atoms with Crippen LogP contribution in [-0.4, -0.2) is 35.9 Å². The van der Waals surface area contributed by atoms with Crippen molar-refractivity contribution in [1.82, 2.24) is 5.32 Å². The van der Waals surface area contributed by atoms with Crippen molar-refractivity contribution in [1.29, 1.82) is 0 Å². The SMILES string of the molecule is CC(=O)Nc1cccc(NC(C(=O)O)c2ccccc2)c1.CCC(CC)CCNCC(=O)c1ccccc1. The number of nitrogens with one attached hydrogen (secondary N) is 3.